The molecular formula is C35H74Si. The molecule has 0 aliphatic heterocycles. The van der Waals surface area contributed by atoms with Gasteiger partial charge in [0.05, 0.1) is 0 Å². The quantitative estimate of drug-likeness (QED) is 0.0627. The molecule has 0 bridgehead atoms. The Hall–Kier alpha value is 0.217. The van der Waals surface area contributed by atoms with Crippen LogP contribution in [0.4, 0.5) is 0 Å². The van der Waals surface area contributed by atoms with Crippen LogP contribution in [0.3, 0.4) is 0 Å². The Kier molecular flexibility index (Phi) is 31.6. The highest BCUT2D eigenvalue weighted by atomic mass is 28.1. The van der Waals surface area contributed by atoms with Gasteiger partial charge in [-0.15, -0.1) is 0 Å². The van der Waals surface area contributed by atoms with Crippen molar-refractivity contribution in [1.29, 1.82) is 0 Å². The third kappa shape index (κ3) is 28.8. The van der Waals surface area contributed by atoms with Gasteiger partial charge in [0.15, 0.2) is 0 Å². The van der Waals surface area contributed by atoms with Crippen molar-refractivity contribution in [2.24, 2.45) is 5.92 Å². The monoisotopic (exact) mass is 523 g/mol. The molecule has 0 aliphatic rings. The van der Waals surface area contributed by atoms with Gasteiger partial charge in [-0.05, 0) is 5.92 Å². The second-order valence-electron chi connectivity index (χ2n) is 12.7. The summed E-state index contributed by atoms with van der Waals surface area (Å²) in [6, 6.07) is 0. The summed E-state index contributed by atoms with van der Waals surface area (Å²) in [5.41, 5.74) is 1.09. The molecule has 0 N–H and O–H groups in total. The van der Waals surface area contributed by atoms with Crippen molar-refractivity contribution < 1.29 is 0 Å². The SMILES string of the molecule is CCCCCCCCCCCCCCCC(CCCCCCCCCC)CC([SiH3])CCCCCCC. The van der Waals surface area contributed by atoms with Crippen LogP contribution in [-0.2, 0) is 0 Å². The van der Waals surface area contributed by atoms with Crippen LogP contribution in [-0.4, -0.2) is 10.2 Å². The highest BCUT2D eigenvalue weighted by Crippen LogP contribution is 2.29. The zero-order chi connectivity index (χ0) is 26.4. The van der Waals surface area contributed by atoms with Gasteiger partial charge in [-0.3, -0.25) is 0 Å². The zero-order valence-corrected chi connectivity index (χ0v) is 28.4. The minimum absolute atomic E-state index is 1.05. The maximum absolute atomic E-state index is 2.34. The minimum Gasteiger partial charge on any atom is -0.0654 e. The maximum Gasteiger partial charge on any atom is 0.00674 e. The van der Waals surface area contributed by atoms with Crippen molar-refractivity contribution in [2.75, 3.05) is 0 Å². The fourth-order valence-electron chi connectivity index (χ4n) is 6.18. The van der Waals surface area contributed by atoms with Gasteiger partial charge in [0, 0.05) is 10.2 Å². The van der Waals surface area contributed by atoms with Gasteiger partial charge in [-0.1, -0.05) is 219 Å². The summed E-state index contributed by atoms with van der Waals surface area (Å²) < 4.78 is 0. The summed E-state index contributed by atoms with van der Waals surface area (Å²) in [7, 11) is 1.43. The van der Waals surface area contributed by atoms with Crippen LogP contribution in [0.5, 0.6) is 0 Å². The highest BCUT2D eigenvalue weighted by Gasteiger charge is 2.13. The molecule has 1 heteroatoms. The molecule has 0 amide bonds. The standard InChI is InChI=1S/C35H74Si/c1-4-7-10-13-15-17-18-19-20-21-23-26-28-31-34(30-27-25-22-16-14-11-8-5-2)33-35(36)32-29-24-12-9-6-3/h34-35H,4-33H2,1-3,36H3. The maximum atomic E-state index is 2.34. The van der Waals surface area contributed by atoms with E-state index in [0.29, 0.717) is 0 Å². The van der Waals surface area contributed by atoms with E-state index < -0.39 is 0 Å². The average molecular weight is 523 g/mol. The summed E-state index contributed by atoms with van der Waals surface area (Å²) in [6.45, 7) is 6.98. The minimum atomic E-state index is 1.05. The Balaban J connectivity index is 3.93. The molecule has 0 saturated carbocycles. The number of hydrogen-bond acceptors (Lipinski definition) is 0. The van der Waals surface area contributed by atoms with Gasteiger partial charge in [0.25, 0.3) is 0 Å². The van der Waals surface area contributed by atoms with Gasteiger partial charge in [-0.2, -0.15) is 0 Å². The molecule has 2 unspecified atom stereocenters. The molecule has 0 fully saturated rings. The van der Waals surface area contributed by atoms with E-state index in [-0.39, 0.29) is 0 Å². The van der Waals surface area contributed by atoms with Crippen LogP contribution in [0.2, 0.25) is 5.54 Å². The van der Waals surface area contributed by atoms with Crippen molar-refractivity contribution in [2.45, 2.75) is 219 Å². The largest absolute Gasteiger partial charge is 0.0654 e. The first-order valence-corrected chi connectivity index (χ1v) is 18.9. The summed E-state index contributed by atoms with van der Waals surface area (Å²) in [4.78, 5) is 0. The lowest BCUT2D eigenvalue weighted by Gasteiger charge is -2.21. The Morgan fingerprint density at radius 3 is 0.889 bits per heavy atom. The molecule has 0 heterocycles. The van der Waals surface area contributed by atoms with Gasteiger partial charge < -0.3 is 0 Å². The average Bonchev–Trinajstić information content (AvgIpc) is 2.88. The molecule has 0 radical (unpaired) electrons. The van der Waals surface area contributed by atoms with Crippen LogP contribution in [0.25, 0.3) is 0 Å². The van der Waals surface area contributed by atoms with Crippen LogP contribution in [0, 0.1) is 5.92 Å². The summed E-state index contributed by atoms with van der Waals surface area (Å²) in [6.07, 6.45) is 44.6. The van der Waals surface area contributed by atoms with Crippen LogP contribution >= 0.6 is 0 Å². The molecule has 0 saturated heterocycles. The van der Waals surface area contributed by atoms with Crippen LogP contribution in [0.15, 0.2) is 0 Å². The molecular weight excluding hydrogens is 448 g/mol. The Morgan fingerprint density at radius 2 is 0.583 bits per heavy atom. The lowest BCUT2D eigenvalue weighted by atomic mass is 9.89. The molecule has 0 aromatic rings. The fourth-order valence-corrected chi connectivity index (χ4v) is 7.26. The topological polar surface area (TPSA) is 0 Å². The summed E-state index contributed by atoms with van der Waals surface area (Å²) in [5, 5.41) is 0. The molecule has 0 nitrogen and oxygen atoms in total. The molecule has 0 aromatic carbocycles. The van der Waals surface area contributed by atoms with E-state index in [1.165, 1.54) is 177 Å². The molecule has 0 rings (SSSR count). The van der Waals surface area contributed by atoms with Crippen molar-refractivity contribution in [3.63, 3.8) is 0 Å². The third-order valence-corrected chi connectivity index (χ3v) is 9.77. The predicted molar refractivity (Wildman–Crippen MR) is 173 cm³/mol. The van der Waals surface area contributed by atoms with E-state index >= 15 is 0 Å². The second kappa shape index (κ2) is 31.4. The van der Waals surface area contributed by atoms with Gasteiger partial charge in [0.2, 0.25) is 0 Å². The zero-order valence-electron chi connectivity index (χ0n) is 26.4. The molecule has 36 heavy (non-hydrogen) atoms. The van der Waals surface area contributed by atoms with Gasteiger partial charge in [0.1, 0.15) is 0 Å². The molecule has 0 aromatic heterocycles. The summed E-state index contributed by atoms with van der Waals surface area (Å²) >= 11 is 0. The lowest BCUT2D eigenvalue weighted by molar-refractivity contribution is 0.365. The second-order valence-corrected chi connectivity index (χ2v) is 14.3. The Morgan fingerprint density at radius 1 is 0.333 bits per heavy atom. The molecule has 0 aliphatic carbocycles. The van der Waals surface area contributed by atoms with E-state index in [2.05, 4.69) is 20.8 Å². The molecule has 218 valence electrons. The Bertz CT molecular complexity index is 379. The first kappa shape index (κ1) is 36.2. The van der Waals surface area contributed by atoms with Crippen molar-refractivity contribution >= 4 is 10.2 Å². The lowest BCUT2D eigenvalue weighted by Crippen LogP contribution is -2.06. The van der Waals surface area contributed by atoms with E-state index in [1.807, 2.05) is 0 Å². The Labute approximate surface area is 234 Å². The fraction of sp³-hybridized carbons (Fsp3) is 1.00. The number of unbranched alkanes of at least 4 members (excludes halogenated alkanes) is 23. The highest BCUT2D eigenvalue weighted by molar-refractivity contribution is 6.11. The number of hydrogen-bond donors (Lipinski definition) is 0. The van der Waals surface area contributed by atoms with Gasteiger partial charge in [-0.25, -0.2) is 0 Å². The summed E-state index contributed by atoms with van der Waals surface area (Å²) in [5.74, 6) is 1.05. The van der Waals surface area contributed by atoms with Crippen molar-refractivity contribution in [1.82, 2.24) is 0 Å². The van der Waals surface area contributed by atoms with E-state index in [0.717, 1.165) is 11.5 Å². The molecule has 0 spiro atoms. The van der Waals surface area contributed by atoms with Crippen molar-refractivity contribution in [3.8, 4) is 0 Å². The van der Waals surface area contributed by atoms with E-state index in [4.69, 9.17) is 0 Å². The van der Waals surface area contributed by atoms with E-state index in [9.17, 15) is 0 Å². The smallest absolute Gasteiger partial charge is 0.00674 e. The van der Waals surface area contributed by atoms with Crippen LogP contribution in [0.1, 0.15) is 213 Å². The van der Waals surface area contributed by atoms with E-state index in [1.54, 1.807) is 25.7 Å². The predicted octanol–water partition coefficient (Wildman–Crippen LogP) is 12.5. The normalized spacial score (nSPS) is 13.4. The third-order valence-electron chi connectivity index (χ3n) is 8.72. The first-order valence-electron chi connectivity index (χ1n) is 17.7. The molecule has 2 atom stereocenters. The number of rotatable bonds is 31. The first-order chi connectivity index (χ1) is 17.7. The van der Waals surface area contributed by atoms with Crippen molar-refractivity contribution in [3.05, 3.63) is 0 Å². The van der Waals surface area contributed by atoms with Gasteiger partial charge >= 0.3 is 0 Å². The van der Waals surface area contributed by atoms with Crippen LogP contribution < -0.4 is 0 Å².